The van der Waals surface area contributed by atoms with Crippen LogP contribution in [0, 0.1) is 5.92 Å². The van der Waals surface area contributed by atoms with E-state index in [0.717, 1.165) is 10.6 Å². The predicted octanol–water partition coefficient (Wildman–Crippen LogP) is 3.14. The summed E-state index contributed by atoms with van der Waals surface area (Å²) >= 11 is 1.55. The van der Waals surface area contributed by atoms with Gasteiger partial charge in [0.2, 0.25) is 0 Å². The number of benzene rings is 1. The van der Waals surface area contributed by atoms with E-state index >= 15 is 0 Å². The summed E-state index contributed by atoms with van der Waals surface area (Å²) in [5, 5.41) is 9.04. The van der Waals surface area contributed by atoms with Crippen molar-refractivity contribution in [1.82, 2.24) is 0 Å². The first kappa shape index (κ1) is 12.9. The minimum absolute atomic E-state index is 0.339. The number of carbonyl (C=O) groups is 1. The van der Waals surface area contributed by atoms with E-state index in [1.54, 1.807) is 37.1 Å². The number of ether oxygens (including phenoxy) is 1. The maximum absolute atomic E-state index is 11.0. The summed E-state index contributed by atoms with van der Waals surface area (Å²) in [6.07, 6.45) is 0. The first-order valence-corrected chi connectivity index (χ1v) is 6.07. The molecule has 0 aromatic heterocycles. The molecule has 0 aliphatic heterocycles. The largest absolute Gasteiger partial charge is 0.497 e. The average Bonchev–Trinajstić information content (AvgIpc) is 2.25. The minimum atomic E-state index is -0.895. The number of carboxylic acid groups (broad SMARTS) is 1. The van der Waals surface area contributed by atoms with Gasteiger partial charge >= 0.3 is 5.97 Å². The van der Waals surface area contributed by atoms with Crippen molar-refractivity contribution < 1.29 is 14.6 Å². The van der Waals surface area contributed by atoms with Gasteiger partial charge in [0.25, 0.3) is 0 Å². The zero-order valence-corrected chi connectivity index (χ0v) is 10.5. The number of hydrogen-bond donors (Lipinski definition) is 1. The molecule has 0 atom stereocenters. The third-order valence-electron chi connectivity index (χ3n) is 1.99. The molecule has 0 fully saturated rings. The van der Waals surface area contributed by atoms with Crippen LogP contribution in [0.2, 0.25) is 0 Å². The zero-order valence-electron chi connectivity index (χ0n) is 9.69. The molecule has 1 rings (SSSR count). The van der Waals surface area contributed by atoms with Crippen LogP contribution in [0.25, 0.3) is 0 Å². The van der Waals surface area contributed by atoms with Crippen LogP contribution >= 0.6 is 11.8 Å². The van der Waals surface area contributed by atoms with Crippen LogP contribution in [-0.4, -0.2) is 23.9 Å². The van der Waals surface area contributed by atoms with Gasteiger partial charge in [0.1, 0.15) is 5.75 Å². The zero-order chi connectivity index (χ0) is 12.1. The second-order valence-corrected chi connectivity index (χ2v) is 4.93. The molecule has 0 aliphatic rings. The van der Waals surface area contributed by atoms with E-state index in [1.807, 2.05) is 0 Å². The van der Waals surface area contributed by atoms with E-state index < -0.39 is 5.97 Å². The number of rotatable bonds is 5. The molecule has 1 aromatic rings. The van der Waals surface area contributed by atoms with Crippen LogP contribution in [0.4, 0.5) is 0 Å². The Bertz CT molecular complexity index is 375. The lowest BCUT2D eigenvalue weighted by Gasteiger charge is -2.09. The van der Waals surface area contributed by atoms with Crippen molar-refractivity contribution in [3.05, 3.63) is 23.8 Å². The number of methoxy groups -OCH3 is 1. The smallest absolute Gasteiger partial charge is 0.336 e. The molecule has 4 heteroatoms. The molecule has 3 nitrogen and oxygen atoms in total. The third-order valence-corrected chi connectivity index (χ3v) is 3.47. The molecule has 0 spiro atoms. The first-order valence-electron chi connectivity index (χ1n) is 5.08. The summed E-state index contributed by atoms with van der Waals surface area (Å²) in [5.41, 5.74) is 0.339. The van der Waals surface area contributed by atoms with Gasteiger partial charge < -0.3 is 9.84 Å². The molecule has 0 heterocycles. The van der Waals surface area contributed by atoms with E-state index in [4.69, 9.17) is 9.84 Å². The summed E-state index contributed by atoms with van der Waals surface area (Å²) in [5.74, 6) is 1.22. The van der Waals surface area contributed by atoms with Crippen LogP contribution in [0.3, 0.4) is 0 Å². The van der Waals surface area contributed by atoms with Crippen molar-refractivity contribution in [1.29, 1.82) is 0 Å². The van der Waals surface area contributed by atoms with Crippen molar-refractivity contribution >= 4 is 17.7 Å². The maximum Gasteiger partial charge on any atom is 0.336 e. The van der Waals surface area contributed by atoms with E-state index in [9.17, 15) is 4.79 Å². The summed E-state index contributed by atoms with van der Waals surface area (Å²) < 4.78 is 5.09. The summed E-state index contributed by atoms with van der Waals surface area (Å²) in [7, 11) is 1.58. The van der Waals surface area contributed by atoms with Crippen LogP contribution in [0.5, 0.6) is 5.75 Å². The number of aromatic carboxylic acids is 1. The highest BCUT2D eigenvalue weighted by Gasteiger charge is 2.11. The van der Waals surface area contributed by atoms with Crippen molar-refractivity contribution in [2.45, 2.75) is 18.7 Å². The lowest BCUT2D eigenvalue weighted by atomic mass is 10.2. The Balaban J connectivity index is 2.96. The fraction of sp³-hybridized carbons (Fsp3) is 0.417. The quantitative estimate of drug-likeness (QED) is 0.803. The van der Waals surface area contributed by atoms with E-state index in [0.29, 0.717) is 17.2 Å². The highest BCUT2D eigenvalue weighted by atomic mass is 32.2. The van der Waals surface area contributed by atoms with Gasteiger partial charge in [-0.15, -0.1) is 11.8 Å². The highest BCUT2D eigenvalue weighted by Crippen LogP contribution is 2.28. The molecule has 0 amide bonds. The summed E-state index contributed by atoms with van der Waals surface area (Å²) in [6.45, 7) is 4.21. The fourth-order valence-electron chi connectivity index (χ4n) is 1.18. The minimum Gasteiger partial charge on any atom is -0.497 e. The van der Waals surface area contributed by atoms with Crippen molar-refractivity contribution in [2.24, 2.45) is 5.92 Å². The first-order chi connectivity index (χ1) is 7.54. The molecule has 0 aliphatic carbocycles. The van der Waals surface area contributed by atoms with Gasteiger partial charge in [0.05, 0.1) is 12.7 Å². The van der Waals surface area contributed by atoms with Crippen LogP contribution in [0.1, 0.15) is 24.2 Å². The van der Waals surface area contributed by atoms with Crippen LogP contribution in [0.15, 0.2) is 23.1 Å². The Morgan fingerprint density at radius 2 is 2.19 bits per heavy atom. The van der Waals surface area contributed by atoms with Crippen molar-refractivity contribution in [2.75, 3.05) is 12.9 Å². The number of hydrogen-bond acceptors (Lipinski definition) is 3. The predicted molar refractivity (Wildman–Crippen MR) is 65.5 cm³/mol. The van der Waals surface area contributed by atoms with Crippen molar-refractivity contribution in [3.8, 4) is 5.75 Å². The lowest BCUT2D eigenvalue weighted by Crippen LogP contribution is -2.00. The standard InChI is InChI=1S/C12H16O3S/c1-8(2)7-16-11-6-9(15-3)4-5-10(11)12(13)14/h4-6,8H,7H2,1-3H3,(H,13,14). The molecule has 88 valence electrons. The van der Waals surface area contributed by atoms with E-state index in [-0.39, 0.29) is 0 Å². The molecule has 0 unspecified atom stereocenters. The Labute approximate surface area is 99.8 Å². The number of thioether (sulfide) groups is 1. The molecule has 16 heavy (non-hydrogen) atoms. The van der Waals surface area contributed by atoms with Gasteiger partial charge in [-0.3, -0.25) is 0 Å². The van der Waals surface area contributed by atoms with Gasteiger partial charge in [-0.05, 0) is 24.1 Å². The highest BCUT2D eigenvalue weighted by molar-refractivity contribution is 7.99. The normalized spacial score (nSPS) is 10.5. The molecule has 0 saturated carbocycles. The Morgan fingerprint density at radius 3 is 2.69 bits per heavy atom. The van der Waals surface area contributed by atoms with Gasteiger partial charge in [-0.1, -0.05) is 13.8 Å². The summed E-state index contributed by atoms with van der Waals surface area (Å²) in [6, 6.07) is 5.03. The maximum atomic E-state index is 11.0. The monoisotopic (exact) mass is 240 g/mol. The van der Waals surface area contributed by atoms with E-state index in [2.05, 4.69) is 13.8 Å². The molecular formula is C12H16O3S. The third kappa shape index (κ3) is 3.45. The molecule has 1 aromatic carbocycles. The lowest BCUT2D eigenvalue weighted by molar-refractivity contribution is 0.0693. The fourth-order valence-corrected chi connectivity index (χ4v) is 2.21. The van der Waals surface area contributed by atoms with Gasteiger partial charge in [0, 0.05) is 10.6 Å². The molecule has 0 saturated heterocycles. The molecule has 0 bridgehead atoms. The van der Waals surface area contributed by atoms with E-state index in [1.165, 1.54) is 0 Å². The second-order valence-electron chi connectivity index (χ2n) is 3.87. The molecule has 0 radical (unpaired) electrons. The van der Waals surface area contributed by atoms with Crippen LogP contribution < -0.4 is 4.74 Å². The topological polar surface area (TPSA) is 46.5 Å². The molecule has 1 N–H and O–H groups in total. The van der Waals surface area contributed by atoms with Crippen LogP contribution in [-0.2, 0) is 0 Å². The Hall–Kier alpha value is -1.16. The number of carboxylic acids is 1. The molecular weight excluding hydrogens is 224 g/mol. The Kier molecular flexibility index (Phi) is 4.68. The Morgan fingerprint density at radius 1 is 1.50 bits per heavy atom. The van der Waals surface area contributed by atoms with Gasteiger partial charge in [0.15, 0.2) is 0 Å². The average molecular weight is 240 g/mol. The van der Waals surface area contributed by atoms with Crippen molar-refractivity contribution in [3.63, 3.8) is 0 Å². The van der Waals surface area contributed by atoms with Gasteiger partial charge in [-0.2, -0.15) is 0 Å². The second kappa shape index (κ2) is 5.80. The summed E-state index contributed by atoms with van der Waals surface area (Å²) in [4.78, 5) is 11.8. The van der Waals surface area contributed by atoms with Gasteiger partial charge in [-0.25, -0.2) is 4.79 Å². The SMILES string of the molecule is COc1ccc(C(=O)O)c(SCC(C)C)c1.